The number of pyridine rings is 1. The number of ether oxygens (including phenoxy) is 1. The van der Waals surface area contributed by atoms with Crippen LogP contribution in [0.2, 0.25) is 0 Å². The molecule has 0 N–H and O–H groups in total. The van der Waals surface area contributed by atoms with Crippen molar-refractivity contribution in [2.75, 3.05) is 7.11 Å². The van der Waals surface area contributed by atoms with Gasteiger partial charge < -0.3 is 4.74 Å². The number of esters is 1. The number of benzene rings is 1. The molecule has 1 heterocycles. The van der Waals surface area contributed by atoms with Gasteiger partial charge in [-0.3, -0.25) is 9.78 Å². The fraction of sp³-hybridized carbons (Fsp3) is 0.267. The highest BCUT2D eigenvalue weighted by molar-refractivity contribution is 5.92. The molecule has 0 amide bonds. The van der Waals surface area contributed by atoms with Crippen molar-refractivity contribution in [3.8, 4) is 6.07 Å². The van der Waals surface area contributed by atoms with E-state index in [1.807, 2.05) is 31.2 Å². The minimum Gasteiger partial charge on any atom is -0.469 e. The summed E-state index contributed by atoms with van der Waals surface area (Å²) in [5.41, 5.74) is 1.18. The predicted molar refractivity (Wildman–Crippen MR) is 71.5 cm³/mol. The fourth-order valence-corrected chi connectivity index (χ4v) is 2.20. The summed E-state index contributed by atoms with van der Waals surface area (Å²) in [5.74, 6) is -0.701. The number of hydrogen-bond acceptors (Lipinski definition) is 4. The highest BCUT2D eigenvalue weighted by Crippen LogP contribution is 2.28. The van der Waals surface area contributed by atoms with E-state index >= 15 is 0 Å². The third-order valence-corrected chi connectivity index (χ3v) is 3.17. The van der Waals surface area contributed by atoms with Crippen LogP contribution < -0.4 is 0 Å². The van der Waals surface area contributed by atoms with Crippen molar-refractivity contribution in [3.05, 3.63) is 41.7 Å². The van der Waals surface area contributed by atoms with Crippen LogP contribution in [0.25, 0.3) is 10.8 Å². The zero-order valence-corrected chi connectivity index (χ0v) is 10.9. The molecule has 0 saturated carbocycles. The maximum absolute atomic E-state index is 11.8. The molecule has 4 nitrogen and oxygen atoms in total. The summed E-state index contributed by atoms with van der Waals surface area (Å²) in [6.07, 6.45) is 2.12. The minimum atomic E-state index is -0.400. The minimum absolute atomic E-state index is 0.301. The molecule has 0 fully saturated rings. The largest absolute Gasteiger partial charge is 0.469 e. The first-order valence-corrected chi connectivity index (χ1v) is 6.08. The van der Waals surface area contributed by atoms with Crippen molar-refractivity contribution in [1.82, 2.24) is 4.98 Å². The molecule has 19 heavy (non-hydrogen) atoms. The molecule has 0 aliphatic heterocycles. The Morgan fingerprint density at radius 1 is 1.42 bits per heavy atom. The van der Waals surface area contributed by atoms with Gasteiger partial charge in [0.1, 0.15) is 6.07 Å². The van der Waals surface area contributed by atoms with Crippen LogP contribution in [0.3, 0.4) is 0 Å². The number of methoxy groups -OCH3 is 1. The molecular formula is C15H14N2O2. The molecule has 96 valence electrons. The van der Waals surface area contributed by atoms with Crippen molar-refractivity contribution in [1.29, 1.82) is 5.26 Å². The lowest BCUT2D eigenvalue weighted by molar-refractivity contribution is -0.142. The molecule has 0 radical (unpaired) electrons. The average Bonchev–Trinajstić information content (AvgIpc) is 2.47. The average molecular weight is 254 g/mol. The maximum atomic E-state index is 11.8. The zero-order chi connectivity index (χ0) is 13.8. The van der Waals surface area contributed by atoms with E-state index in [-0.39, 0.29) is 5.97 Å². The Kier molecular flexibility index (Phi) is 3.76. The summed E-state index contributed by atoms with van der Waals surface area (Å²) in [6, 6.07) is 9.60. The van der Waals surface area contributed by atoms with E-state index < -0.39 is 5.92 Å². The van der Waals surface area contributed by atoms with Gasteiger partial charge in [0.2, 0.25) is 0 Å². The molecule has 1 unspecified atom stereocenters. The van der Waals surface area contributed by atoms with Gasteiger partial charge in [-0.1, -0.05) is 31.2 Å². The number of fused-ring (bicyclic) bond motifs is 1. The number of nitrogens with zero attached hydrogens (tertiary/aromatic N) is 2. The number of rotatable bonds is 3. The number of carbonyl (C=O) groups excluding carboxylic acids is 1. The molecule has 0 saturated heterocycles. The summed E-state index contributed by atoms with van der Waals surface area (Å²) >= 11 is 0. The molecule has 1 aromatic carbocycles. The molecule has 1 aromatic heterocycles. The molecule has 4 heteroatoms. The van der Waals surface area contributed by atoms with Gasteiger partial charge >= 0.3 is 5.97 Å². The maximum Gasteiger partial charge on any atom is 0.314 e. The van der Waals surface area contributed by atoms with E-state index in [0.29, 0.717) is 17.7 Å². The lowest BCUT2D eigenvalue weighted by Crippen LogP contribution is -2.15. The van der Waals surface area contributed by atoms with Gasteiger partial charge in [0.15, 0.2) is 0 Å². The number of hydrogen-bond donors (Lipinski definition) is 0. The molecular weight excluding hydrogens is 240 g/mol. The van der Waals surface area contributed by atoms with Gasteiger partial charge in [-0.15, -0.1) is 0 Å². The summed E-state index contributed by atoms with van der Waals surface area (Å²) < 4.78 is 4.82. The monoisotopic (exact) mass is 254 g/mol. The summed E-state index contributed by atoms with van der Waals surface area (Å²) in [5, 5.41) is 10.7. The SMILES string of the molecule is CCC(C(=O)OC)c1ncc(C#N)c2ccccc12. The van der Waals surface area contributed by atoms with Gasteiger partial charge in [0, 0.05) is 17.0 Å². The van der Waals surface area contributed by atoms with Crippen LogP contribution in [0, 0.1) is 11.3 Å². The van der Waals surface area contributed by atoms with Crippen molar-refractivity contribution >= 4 is 16.7 Å². The summed E-state index contributed by atoms with van der Waals surface area (Å²) in [7, 11) is 1.37. The van der Waals surface area contributed by atoms with E-state index in [9.17, 15) is 4.79 Å². The summed E-state index contributed by atoms with van der Waals surface area (Å²) in [6.45, 7) is 1.91. The van der Waals surface area contributed by atoms with E-state index in [1.54, 1.807) is 0 Å². The molecule has 1 atom stereocenters. The highest BCUT2D eigenvalue weighted by atomic mass is 16.5. The van der Waals surface area contributed by atoms with Gasteiger partial charge in [-0.05, 0) is 6.42 Å². The number of aromatic nitrogens is 1. The molecule has 0 aliphatic carbocycles. The van der Waals surface area contributed by atoms with E-state index in [4.69, 9.17) is 10.00 Å². The number of carbonyl (C=O) groups is 1. The van der Waals surface area contributed by atoms with Crippen LogP contribution in [-0.2, 0) is 9.53 Å². The topological polar surface area (TPSA) is 63.0 Å². The first-order chi connectivity index (χ1) is 9.22. The van der Waals surface area contributed by atoms with Crippen molar-refractivity contribution in [2.45, 2.75) is 19.3 Å². The Morgan fingerprint density at radius 2 is 2.11 bits per heavy atom. The van der Waals surface area contributed by atoms with Crippen LogP contribution in [0.5, 0.6) is 0 Å². The third-order valence-electron chi connectivity index (χ3n) is 3.17. The standard InChI is InChI=1S/C15H14N2O2/c1-3-11(15(18)19-2)14-13-7-5-4-6-12(13)10(8-16)9-17-14/h4-7,9,11H,3H2,1-2H3. The third kappa shape index (κ3) is 2.27. The second kappa shape index (κ2) is 5.49. The van der Waals surface area contributed by atoms with Gasteiger partial charge in [-0.2, -0.15) is 5.26 Å². The highest BCUT2D eigenvalue weighted by Gasteiger charge is 2.23. The van der Waals surface area contributed by atoms with E-state index in [1.165, 1.54) is 13.3 Å². The summed E-state index contributed by atoms with van der Waals surface area (Å²) in [4.78, 5) is 16.1. The van der Waals surface area contributed by atoms with Crippen LogP contribution >= 0.6 is 0 Å². The quantitative estimate of drug-likeness (QED) is 0.790. The second-order valence-electron chi connectivity index (χ2n) is 4.20. The number of nitriles is 1. The zero-order valence-electron chi connectivity index (χ0n) is 10.9. The Balaban J connectivity index is 2.68. The first kappa shape index (κ1) is 13.0. The van der Waals surface area contributed by atoms with Crippen molar-refractivity contribution < 1.29 is 9.53 Å². The smallest absolute Gasteiger partial charge is 0.314 e. The van der Waals surface area contributed by atoms with Crippen molar-refractivity contribution in [3.63, 3.8) is 0 Å². The molecule has 0 bridgehead atoms. The van der Waals surface area contributed by atoms with Gasteiger partial charge in [0.05, 0.1) is 24.3 Å². The van der Waals surface area contributed by atoms with Gasteiger partial charge in [0.25, 0.3) is 0 Å². The lowest BCUT2D eigenvalue weighted by Gasteiger charge is -2.14. The Labute approximate surface area is 111 Å². The van der Waals surface area contributed by atoms with Crippen molar-refractivity contribution in [2.24, 2.45) is 0 Å². The predicted octanol–water partition coefficient (Wildman–Crippen LogP) is 2.77. The van der Waals surface area contributed by atoms with E-state index in [2.05, 4.69) is 11.1 Å². The van der Waals surface area contributed by atoms with Crippen LogP contribution in [-0.4, -0.2) is 18.1 Å². The normalized spacial score (nSPS) is 11.8. The lowest BCUT2D eigenvalue weighted by atomic mass is 9.95. The Morgan fingerprint density at radius 3 is 2.68 bits per heavy atom. The molecule has 2 aromatic rings. The van der Waals surface area contributed by atoms with Crippen LogP contribution in [0.4, 0.5) is 0 Å². The van der Waals surface area contributed by atoms with Gasteiger partial charge in [-0.25, -0.2) is 0 Å². The van der Waals surface area contributed by atoms with Crippen LogP contribution in [0.1, 0.15) is 30.5 Å². The van der Waals surface area contributed by atoms with Crippen LogP contribution in [0.15, 0.2) is 30.5 Å². The second-order valence-corrected chi connectivity index (χ2v) is 4.20. The fourth-order valence-electron chi connectivity index (χ4n) is 2.20. The Hall–Kier alpha value is -2.41. The Bertz CT molecular complexity index is 659. The first-order valence-electron chi connectivity index (χ1n) is 6.08. The molecule has 0 spiro atoms. The molecule has 2 rings (SSSR count). The molecule has 0 aliphatic rings. The van der Waals surface area contributed by atoms with E-state index in [0.717, 1.165) is 10.8 Å².